The maximum atomic E-state index is 14.1. The minimum absolute atomic E-state index is 0.0229. The fourth-order valence-electron chi connectivity index (χ4n) is 6.38. The predicted molar refractivity (Wildman–Crippen MR) is 145 cm³/mol. The van der Waals surface area contributed by atoms with Crippen LogP contribution in [0.15, 0.2) is 85.0 Å². The number of nitrogens with one attached hydrogen (secondary N) is 1. The van der Waals surface area contributed by atoms with E-state index in [4.69, 9.17) is 0 Å². The highest BCUT2D eigenvalue weighted by atomic mass is 16.2. The van der Waals surface area contributed by atoms with Crippen LogP contribution in [0.1, 0.15) is 47.2 Å². The normalized spacial score (nSPS) is 23.0. The predicted octanol–water partition coefficient (Wildman–Crippen LogP) is 6.32. The molecule has 2 amide bonds. The van der Waals surface area contributed by atoms with E-state index in [-0.39, 0.29) is 29.7 Å². The molecule has 2 unspecified atom stereocenters. The first-order chi connectivity index (χ1) is 17.7. The monoisotopic (exact) mass is 476 g/mol. The van der Waals surface area contributed by atoms with Gasteiger partial charge in [0, 0.05) is 23.7 Å². The van der Waals surface area contributed by atoms with Crippen LogP contribution in [-0.2, 0) is 17.6 Å². The number of anilines is 1. The average Bonchev–Trinajstić information content (AvgIpc) is 3.40. The number of fused-ring (bicyclic) bond motifs is 2. The highest BCUT2D eigenvalue weighted by molar-refractivity contribution is 6.07. The van der Waals surface area contributed by atoms with E-state index in [0.717, 1.165) is 48.6 Å². The van der Waals surface area contributed by atoms with Gasteiger partial charge in [0.1, 0.15) is 0 Å². The summed E-state index contributed by atoms with van der Waals surface area (Å²) in [7, 11) is 0. The molecular weight excluding hydrogens is 444 g/mol. The first-order valence-corrected chi connectivity index (χ1v) is 13.2. The summed E-state index contributed by atoms with van der Waals surface area (Å²) < 4.78 is 0. The molecule has 0 saturated carbocycles. The summed E-state index contributed by atoms with van der Waals surface area (Å²) in [5.74, 6) is -0.0943. The molecular formula is C32H32N2O2. The van der Waals surface area contributed by atoms with E-state index in [1.54, 1.807) is 0 Å². The largest absolute Gasteiger partial charge is 0.334 e. The van der Waals surface area contributed by atoms with Crippen LogP contribution in [0.5, 0.6) is 0 Å². The van der Waals surface area contributed by atoms with Crippen molar-refractivity contribution in [3.63, 3.8) is 0 Å². The van der Waals surface area contributed by atoms with Crippen LogP contribution >= 0.6 is 0 Å². The molecule has 1 N–H and O–H groups in total. The van der Waals surface area contributed by atoms with E-state index >= 15 is 0 Å². The number of allylic oxidation sites excluding steroid dienone is 3. The van der Waals surface area contributed by atoms with Crippen LogP contribution in [-0.4, -0.2) is 29.3 Å². The van der Waals surface area contributed by atoms with Gasteiger partial charge in [-0.2, -0.15) is 0 Å². The van der Waals surface area contributed by atoms with Crippen LogP contribution in [0.2, 0.25) is 0 Å². The van der Waals surface area contributed by atoms with Crippen molar-refractivity contribution >= 4 is 28.3 Å². The number of rotatable bonds is 4. The number of likely N-dealkylation sites (tertiary alicyclic amines) is 1. The third kappa shape index (κ3) is 4.26. The van der Waals surface area contributed by atoms with Gasteiger partial charge in [0.05, 0.1) is 12.0 Å². The molecule has 4 nitrogen and oxygen atoms in total. The number of benzene rings is 3. The van der Waals surface area contributed by atoms with Gasteiger partial charge in [0.15, 0.2) is 0 Å². The second-order valence-corrected chi connectivity index (χ2v) is 10.3. The second-order valence-electron chi connectivity index (χ2n) is 10.3. The molecule has 1 aliphatic heterocycles. The smallest absolute Gasteiger partial charge is 0.254 e. The Labute approximate surface area is 212 Å². The zero-order valence-electron chi connectivity index (χ0n) is 20.5. The van der Waals surface area contributed by atoms with Crippen molar-refractivity contribution in [3.05, 3.63) is 102 Å². The molecule has 0 spiro atoms. The van der Waals surface area contributed by atoms with E-state index < -0.39 is 0 Å². The Balaban J connectivity index is 1.32. The Kier molecular flexibility index (Phi) is 6.18. The summed E-state index contributed by atoms with van der Waals surface area (Å²) in [6.45, 7) is 0.670. The van der Waals surface area contributed by atoms with Gasteiger partial charge in [-0.3, -0.25) is 9.59 Å². The fraction of sp³-hybridized carbons (Fsp3) is 0.312. The lowest BCUT2D eigenvalue weighted by molar-refractivity contribution is -0.123. The molecule has 1 saturated heterocycles. The third-order valence-electron chi connectivity index (χ3n) is 8.12. The Bertz CT molecular complexity index is 1370. The van der Waals surface area contributed by atoms with Crippen molar-refractivity contribution in [1.29, 1.82) is 0 Å². The van der Waals surface area contributed by atoms with E-state index in [2.05, 4.69) is 41.8 Å². The van der Waals surface area contributed by atoms with Gasteiger partial charge < -0.3 is 10.2 Å². The molecule has 0 aromatic heterocycles. The molecule has 3 aliphatic rings. The Morgan fingerprint density at radius 1 is 0.889 bits per heavy atom. The lowest BCUT2D eigenvalue weighted by Crippen LogP contribution is -2.55. The molecule has 2 aliphatic carbocycles. The van der Waals surface area contributed by atoms with Gasteiger partial charge in [-0.05, 0) is 78.6 Å². The number of nitrogens with zero attached hydrogens (tertiary/aromatic N) is 1. The van der Waals surface area contributed by atoms with Crippen LogP contribution in [0.25, 0.3) is 10.8 Å². The molecule has 3 atom stereocenters. The third-order valence-corrected chi connectivity index (χ3v) is 8.12. The molecule has 3 aromatic carbocycles. The molecule has 4 heteroatoms. The van der Waals surface area contributed by atoms with Crippen molar-refractivity contribution in [1.82, 2.24) is 4.90 Å². The van der Waals surface area contributed by atoms with Crippen molar-refractivity contribution in [2.24, 2.45) is 11.8 Å². The Morgan fingerprint density at radius 2 is 1.75 bits per heavy atom. The first-order valence-electron chi connectivity index (χ1n) is 13.2. The minimum atomic E-state index is -0.257. The minimum Gasteiger partial charge on any atom is -0.334 e. The summed E-state index contributed by atoms with van der Waals surface area (Å²) in [5.41, 5.74) is 4.33. The molecule has 1 fully saturated rings. The van der Waals surface area contributed by atoms with E-state index in [1.165, 1.54) is 17.5 Å². The van der Waals surface area contributed by atoms with Crippen LogP contribution < -0.4 is 5.32 Å². The van der Waals surface area contributed by atoms with Crippen LogP contribution in [0, 0.1) is 11.8 Å². The average molecular weight is 477 g/mol. The SMILES string of the molecule is O=C(Nc1ccc2c(c1)CCC2)C1CCCN(C(=O)c2cccc3ccccc23)C1[C@@H]1C=CC=CC1. The Morgan fingerprint density at radius 3 is 2.64 bits per heavy atom. The summed E-state index contributed by atoms with van der Waals surface area (Å²) >= 11 is 0. The standard InChI is InChI=1S/C32H32N2O2/c35-31(33-26-19-18-22-12-6-14-25(22)21-26)29-17-8-20-34(30(29)24-10-2-1-3-11-24)32(36)28-16-7-13-23-9-4-5-15-27(23)28/h1-5,7,9-10,13,15-16,18-19,21,24,29-30H,6,8,11-12,14,17,20H2,(H,33,35)/t24-,29?,30?/m1/s1. The second kappa shape index (κ2) is 9.77. The van der Waals surface area contributed by atoms with Crippen molar-refractivity contribution in [2.45, 2.75) is 44.6 Å². The number of hydrogen-bond donors (Lipinski definition) is 1. The van der Waals surface area contributed by atoms with E-state index in [0.29, 0.717) is 12.1 Å². The molecule has 0 bridgehead atoms. The molecule has 6 rings (SSSR count). The first kappa shape index (κ1) is 22.8. The summed E-state index contributed by atoms with van der Waals surface area (Å²) in [5, 5.41) is 5.24. The molecule has 3 aromatic rings. The summed E-state index contributed by atoms with van der Waals surface area (Å²) in [6.07, 6.45) is 14.3. The van der Waals surface area contributed by atoms with Gasteiger partial charge in [0.2, 0.25) is 5.91 Å². The highest BCUT2D eigenvalue weighted by Crippen LogP contribution is 2.36. The maximum absolute atomic E-state index is 14.1. The fourth-order valence-corrected chi connectivity index (χ4v) is 6.38. The van der Waals surface area contributed by atoms with Gasteiger partial charge in [-0.25, -0.2) is 0 Å². The van der Waals surface area contributed by atoms with E-state index in [9.17, 15) is 9.59 Å². The lowest BCUT2D eigenvalue weighted by atomic mass is 9.77. The van der Waals surface area contributed by atoms with Crippen LogP contribution in [0.3, 0.4) is 0 Å². The molecule has 36 heavy (non-hydrogen) atoms. The van der Waals surface area contributed by atoms with Gasteiger partial charge >= 0.3 is 0 Å². The zero-order chi connectivity index (χ0) is 24.5. The quantitative estimate of drug-likeness (QED) is 0.479. The van der Waals surface area contributed by atoms with Crippen LogP contribution in [0.4, 0.5) is 5.69 Å². The number of piperidine rings is 1. The van der Waals surface area contributed by atoms with E-state index in [1.807, 2.05) is 53.4 Å². The number of aryl methyl sites for hydroxylation is 2. The van der Waals surface area contributed by atoms with Gasteiger partial charge in [-0.1, -0.05) is 66.8 Å². The topological polar surface area (TPSA) is 49.4 Å². The van der Waals surface area contributed by atoms with Crippen molar-refractivity contribution < 1.29 is 9.59 Å². The lowest BCUT2D eigenvalue weighted by Gasteiger charge is -2.44. The summed E-state index contributed by atoms with van der Waals surface area (Å²) in [4.78, 5) is 29.8. The number of hydrogen-bond acceptors (Lipinski definition) is 2. The number of amides is 2. The number of carbonyl (C=O) groups is 2. The zero-order valence-corrected chi connectivity index (χ0v) is 20.5. The van der Waals surface area contributed by atoms with Gasteiger partial charge in [-0.15, -0.1) is 0 Å². The molecule has 0 radical (unpaired) electrons. The van der Waals surface area contributed by atoms with Crippen molar-refractivity contribution in [2.75, 3.05) is 11.9 Å². The Hall–Kier alpha value is -3.66. The molecule has 182 valence electrons. The summed E-state index contributed by atoms with van der Waals surface area (Å²) in [6, 6.07) is 20.1. The van der Waals surface area contributed by atoms with Gasteiger partial charge in [0.25, 0.3) is 5.91 Å². The number of carbonyl (C=O) groups excluding carboxylic acids is 2. The highest BCUT2D eigenvalue weighted by Gasteiger charge is 2.42. The maximum Gasteiger partial charge on any atom is 0.254 e. The molecule has 1 heterocycles. The van der Waals surface area contributed by atoms with Crippen molar-refractivity contribution in [3.8, 4) is 0 Å².